The largest absolute Gasteiger partial charge is 0.326 e. The molecule has 2 aromatic rings. The summed E-state index contributed by atoms with van der Waals surface area (Å²) in [4.78, 5) is 23.7. The summed E-state index contributed by atoms with van der Waals surface area (Å²) in [6.45, 7) is 0. The number of anilines is 1. The summed E-state index contributed by atoms with van der Waals surface area (Å²) in [5, 5.41) is 7.38. The van der Waals surface area contributed by atoms with Crippen LogP contribution < -0.4 is 10.7 Å². The average Bonchev–Trinajstić information content (AvgIpc) is 3.42. The summed E-state index contributed by atoms with van der Waals surface area (Å²) in [6, 6.07) is 13.8. The predicted molar refractivity (Wildman–Crippen MR) is 94.3 cm³/mol. The molecule has 0 unspecified atom stereocenters. The van der Waals surface area contributed by atoms with Gasteiger partial charge < -0.3 is 5.32 Å². The van der Waals surface area contributed by atoms with Crippen molar-refractivity contribution in [3.8, 4) is 0 Å². The van der Waals surface area contributed by atoms with Gasteiger partial charge in [-0.3, -0.25) is 9.59 Å². The van der Waals surface area contributed by atoms with Crippen molar-refractivity contribution in [3.05, 3.63) is 64.7 Å². The molecule has 2 aromatic carbocycles. The van der Waals surface area contributed by atoms with Crippen LogP contribution in [0.4, 0.5) is 5.69 Å². The van der Waals surface area contributed by atoms with Gasteiger partial charge in [0, 0.05) is 22.2 Å². The van der Waals surface area contributed by atoms with Crippen LogP contribution in [-0.4, -0.2) is 18.0 Å². The molecule has 3 rings (SSSR count). The van der Waals surface area contributed by atoms with Crippen LogP contribution in [0.5, 0.6) is 0 Å². The Labute approximate surface area is 144 Å². The molecule has 0 aromatic heterocycles. The third kappa shape index (κ3) is 4.43. The summed E-state index contributed by atoms with van der Waals surface area (Å²) in [6.07, 6.45) is 3.45. The second-order valence-corrected chi connectivity index (χ2v) is 6.03. The van der Waals surface area contributed by atoms with E-state index in [0.29, 0.717) is 16.3 Å². The first kappa shape index (κ1) is 16.2. The number of carbonyl (C=O) groups excluding carboxylic acids is 2. The van der Waals surface area contributed by atoms with E-state index in [2.05, 4.69) is 15.8 Å². The number of rotatable bonds is 5. The van der Waals surface area contributed by atoms with Crippen molar-refractivity contribution in [3.63, 3.8) is 0 Å². The van der Waals surface area contributed by atoms with Crippen molar-refractivity contribution in [2.75, 3.05) is 5.32 Å². The van der Waals surface area contributed by atoms with E-state index in [9.17, 15) is 9.59 Å². The minimum absolute atomic E-state index is 0.0415. The number of hydrogen-bond donors (Lipinski definition) is 2. The summed E-state index contributed by atoms with van der Waals surface area (Å²) in [5.41, 5.74) is 4.45. The van der Waals surface area contributed by atoms with Crippen molar-refractivity contribution >= 4 is 35.3 Å². The van der Waals surface area contributed by atoms with Crippen LogP contribution in [0.25, 0.3) is 0 Å². The lowest BCUT2D eigenvalue weighted by Gasteiger charge is -2.05. The zero-order valence-electron chi connectivity index (χ0n) is 12.8. The van der Waals surface area contributed by atoms with Crippen LogP contribution in [-0.2, 0) is 4.79 Å². The number of hydrazone groups is 1. The minimum Gasteiger partial charge on any atom is -0.326 e. The van der Waals surface area contributed by atoms with Gasteiger partial charge in [-0.05, 0) is 54.8 Å². The molecule has 0 heterocycles. The lowest BCUT2D eigenvalue weighted by molar-refractivity contribution is -0.117. The van der Waals surface area contributed by atoms with Gasteiger partial charge >= 0.3 is 0 Å². The van der Waals surface area contributed by atoms with Crippen molar-refractivity contribution in [2.24, 2.45) is 11.0 Å². The molecule has 1 aliphatic rings. The highest BCUT2D eigenvalue weighted by Gasteiger charge is 2.29. The highest BCUT2D eigenvalue weighted by molar-refractivity contribution is 6.30. The molecule has 122 valence electrons. The van der Waals surface area contributed by atoms with Gasteiger partial charge in [0.1, 0.15) is 0 Å². The quantitative estimate of drug-likeness (QED) is 0.646. The van der Waals surface area contributed by atoms with Crippen LogP contribution in [0.1, 0.15) is 28.8 Å². The fraction of sp³-hybridized carbons (Fsp3) is 0.167. The highest BCUT2D eigenvalue weighted by Crippen LogP contribution is 2.30. The number of amides is 2. The van der Waals surface area contributed by atoms with Gasteiger partial charge in [0.05, 0.1) is 6.21 Å². The monoisotopic (exact) mass is 341 g/mol. The standard InChI is InChI=1S/C18H16ClN3O2/c19-15-7-1-12(2-8-15)11-20-22-18(24)14-5-9-16(10-6-14)21-17(23)13-3-4-13/h1-2,5-11,13H,3-4H2,(H,21,23)(H,22,24)/b20-11+. The minimum atomic E-state index is -0.319. The van der Waals surface area contributed by atoms with Gasteiger partial charge in [-0.15, -0.1) is 0 Å². The Balaban J connectivity index is 1.54. The molecule has 0 aliphatic heterocycles. The molecule has 0 saturated heterocycles. The Kier molecular flexibility index (Phi) is 4.91. The smallest absolute Gasteiger partial charge is 0.271 e. The van der Waals surface area contributed by atoms with Crippen molar-refractivity contribution < 1.29 is 9.59 Å². The number of benzene rings is 2. The normalized spacial score (nSPS) is 13.7. The SMILES string of the molecule is O=C(N/N=C/c1ccc(Cl)cc1)c1ccc(NC(=O)C2CC2)cc1. The molecule has 1 fully saturated rings. The Morgan fingerprint density at radius 1 is 1.04 bits per heavy atom. The van der Waals surface area contributed by atoms with E-state index < -0.39 is 0 Å². The van der Waals surface area contributed by atoms with Gasteiger partial charge in [0.25, 0.3) is 5.91 Å². The molecule has 6 heteroatoms. The van der Waals surface area contributed by atoms with Gasteiger partial charge in [-0.25, -0.2) is 5.43 Å². The molecular weight excluding hydrogens is 326 g/mol. The van der Waals surface area contributed by atoms with Gasteiger partial charge in [-0.1, -0.05) is 23.7 Å². The van der Waals surface area contributed by atoms with Gasteiger partial charge in [0.2, 0.25) is 5.91 Å². The van der Waals surface area contributed by atoms with Gasteiger partial charge in [0.15, 0.2) is 0 Å². The molecule has 1 aliphatic carbocycles. The summed E-state index contributed by atoms with van der Waals surface area (Å²) in [7, 11) is 0. The number of nitrogens with one attached hydrogen (secondary N) is 2. The lowest BCUT2D eigenvalue weighted by atomic mass is 10.2. The second-order valence-electron chi connectivity index (χ2n) is 5.59. The Bertz CT molecular complexity index is 766. The summed E-state index contributed by atoms with van der Waals surface area (Å²) >= 11 is 5.80. The third-order valence-corrected chi connectivity index (χ3v) is 3.86. The fourth-order valence-corrected chi connectivity index (χ4v) is 2.20. The van der Waals surface area contributed by atoms with Crippen LogP contribution in [0.3, 0.4) is 0 Å². The van der Waals surface area contributed by atoms with Gasteiger partial charge in [-0.2, -0.15) is 5.10 Å². The van der Waals surface area contributed by atoms with Crippen molar-refractivity contribution in [2.45, 2.75) is 12.8 Å². The fourth-order valence-electron chi connectivity index (χ4n) is 2.07. The van der Waals surface area contributed by atoms with Crippen LogP contribution >= 0.6 is 11.6 Å². The number of halogens is 1. The van der Waals surface area contributed by atoms with Crippen molar-refractivity contribution in [1.29, 1.82) is 0 Å². The van der Waals surface area contributed by atoms with E-state index in [1.165, 1.54) is 0 Å². The summed E-state index contributed by atoms with van der Waals surface area (Å²) < 4.78 is 0. The zero-order chi connectivity index (χ0) is 16.9. The van der Waals surface area contributed by atoms with E-state index in [-0.39, 0.29) is 17.7 Å². The van der Waals surface area contributed by atoms with E-state index >= 15 is 0 Å². The molecular formula is C18H16ClN3O2. The Hall–Kier alpha value is -2.66. The molecule has 5 nitrogen and oxygen atoms in total. The number of carbonyl (C=O) groups is 2. The topological polar surface area (TPSA) is 70.6 Å². The second kappa shape index (κ2) is 7.27. The molecule has 0 atom stereocenters. The first-order chi connectivity index (χ1) is 11.6. The zero-order valence-corrected chi connectivity index (χ0v) is 13.6. The lowest BCUT2D eigenvalue weighted by Crippen LogP contribution is -2.18. The van der Waals surface area contributed by atoms with E-state index in [1.807, 2.05) is 0 Å². The Morgan fingerprint density at radius 2 is 1.71 bits per heavy atom. The Morgan fingerprint density at radius 3 is 2.33 bits per heavy atom. The molecule has 0 bridgehead atoms. The molecule has 0 spiro atoms. The maximum absolute atomic E-state index is 12.0. The third-order valence-electron chi connectivity index (χ3n) is 3.61. The number of hydrogen-bond acceptors (Lipinski definition) is 3. The molecule has 0 radical (unpaired) electrons. The summed E-state index contributed by atoms with van der Waals surface area (Å²) in [5.74, 6) is -0.129. The molecule has 24 heavy (non-hydrogen) atoms. The van der Waals surface area contributed by atoms with E-state index in [4.69, 9.17) is 11.6 Å². The molecule has 2 N–H and O–H groups in total. The molecule has 2 amide bonds. The highest BCUT2D eigenvalue weighted by atomic mass is 35.5. The first-order valence-electron chi connectivity index (χ1n) is 7.62. The van der Waals surface area contributed by atoms with Crippen LogP contribution in [0.15, 0.2) is 53.6 Å². The average molecular weight is 342 g/mol. The first-order valence-corrected chi connectivity index (χ1v) is 7.99. The maximum atomic E-state index is 12.0. The predicted octanol–water partition coefficient (Wildman–Crippen LogP) is 3.45. The number of nitrogens with zero attached hydrogens (tertiary/aromatic N) is 1. The maximum Gasteiger partial charge on any atom is 0.271 e. The van der Waals surface area contributed by atoms with Crippen LogP contribution in [0.2, 0.25) is 5.02 Å². The van der Waals surface area contributed by atoms with E-state index in [1.54, 1.807) is 54.7 Å². The van der Waals surface area contributed by atoms with Crippen LogP contribution in [0, 0.1) is 5.92 Å². The van der Waals surface area contributed by atoms with E-state index in [0.717, 1.165) is 18.4 Å². The van der Waals surface area contributed by atoms with Crippen molar-refractivity contribution in [1.82, 2.24) is 5.43 Å². The molecule has 1 saturated carbocycles.